The van der Waals surface area contributed by atoms with Crippen molar-refractivity contribution >= 4 is 30.3 Å². The van der Waals surface area contributed by atoms with E-state index in [1.165, 1.54) is 11.1 Å². The van der Waals surface area contributed by atoms with Crippen molar-refractivity contribution in [1.29, 1.82) is 0 Å². The molecule has 1 unspecified atom stereocenters. The molecule has 24 heavy (non-hydrogen) atoms. The molecule has 0 saturated carbocycles. The first-order chi connectivity index (χ1) is 11.8. The van der Waals surface area contributed by atoms with E-state index in [0.717, 1.165) is 23.1 Å². The molecule has 0 aliphatic carbocycles. The Balaban J connectivity index is 1.94. The third-order valence-electron chi connectivity index (χ3n) is 4.32. The van der Waals surface area contributed by atoms with Crippen LogP contribution in [0.3, 0.4) is 0 Å². The van der Waals surface area contributed by atoms with Gasteiger partial charge in [0, 0.05) is 30.0 Å². The normalized spacial score (nSPS) is 13.8. The third-order valence-corrected chi connectivity index (χ3v) is 6.53. The van der Waals surface area contributed by atoms with Crippen molar-refractivity contribution in [3.63, 3.8) is 0 Å². The zero-order chi connectivity index (χ0) is 16.5. The monoisotopic (exact) mass is 331 g/mol. The summed E-state index contributed by atoms with van der Waals surface area (Å²) >= 11 is 0. The van der Waals surface area contributed by atoms with Gasteiger partial charge in [0.1, 0.15) is 0 Å². The first-order valence-corrected chi connectivity index (χ1v) is 9.37. The van der Waals surface area contributed by atoms with E-state index in [4.69, 9.17) is 0 Å². The highest BCUT2D eigenvalue weighted by atomic mass is 31.1. The van der Waals surface area contributed by atoms with E-state index in [0.29, 0.717) is 0 Å². The molecule has 1 heterocycles. The molecule has 2 nitrogen and oxygen atoms in total. The van der Waals surface area contributed by atoms with Crippen molar-refractivity contribution in [3.05, 3.63) is 90.0 Å². The summed E-state index contributed by atoms with van der Waals surface area (Å²) in [6, 6.07) is 27.0. The number of benzene rings is 3. The number of fused-ring (bicyclic) bond motifs is 2. The van der Waals surface area contributed by atoms with Crippen LogP contribution in [0.5, 0.6) is 0 Å². The smallest absolute Gasteiger partial charge is 0.177 e. The van der Waals surface area contributed by atoms with Crippen LogP contribution < -0.4 is 9.97 Å². The number of hydrogen-bond donors (Lipinski definition) is 0. The van der Waals surface area contributed by atoms with Gasteiger partial charge >= 0.3 is 0 Å². The standard InChI is InChI=1S/C21H18NOP/c1-16(23)24(19-11-3-2-4-12-19)22-20-13-7-5-9-17(20)15-18-10-6-8-14-21(18)22/h2-14H,15H2,1H3. The largest absolute Gasteiger partial charge is 0.309 e. The summed E-state index contributed by atoms with van der Waals surface area (Å²) in [7, 11) is -1.11. The lowest BCUT2D eigenvalue weighted by atomic mass is 9.97. The second kappa shape index (κ2) is 6.22. The molecule has 1 aliphatic heterocycles. The lowest BCUT2D eigenvalue weighted by molar-refractivity contribution is -0.109. The Morgan fingerprint density at radius 3 is 1.83 bits per heavy atom. The van der Waals surface area contributed by atoms with Gasteiger partial charge in [-0.3, -0.25) is 4.79 Å². The molecule has 0 aromatic heterocycles. The Bertz CT molecular complexity index is 846. The number of anilines is 2. The maximum Gasteiger partial charge on any atom is 0.177 e. The first-order valence-electron chi connectivity index (χ1n) is 8.07. The number of hydrogen-bond acceptors (Lipinski definition) is 2. The summed E-state index contributed by atoms with van der Waals surface area (Å²) in [5.74, 6) is 0. The van der Waals surface area contributed by atoms with E-state index in [9.17, 15) is 4.79 Å². The zero-order valence-corrected chi connectivity index (χ0v) is 14.4. The van der Waals surface area contributed by atoms with Gasteiger partial charge < -0.3 is 4.67 Å². The molecule has 118 valence electrons. The molecule has 3 heteroatoms. The number of rotatable bonds is 3. The summed E-state index contributed by atoms with van der Waals surface area (Å²) in [5.41, 5.74) is 5.08. The minimum Gasteiger partial charge on any atom is -0.309 e. The van der Waals surface area contributed by atoms with Gasteiger partial charge in [-0.25, -0.2) is 0 Å². The maximum absolute atomic E-state index is 12.7. The van der Waals surface area contributed by atoms with Crippen molar-refractivity contribution in [3.8, 4) is 0 Å². The van der Waals surface area contributed by atoms with Gasteiger partial charge in [-0.05, 0) is 23.3 Å². The van der Waals surface area contributed by atoms with Crippen molar-refractivity contribution in [1.82, 2.24) is 0 Å². The average Bonchev–Trinajstić information content (AvgIpc) is 2.62. The maximum atomic E-state index is 12.7. The second-order valence-corrected chi connectivity index (χ2v) is 8.08. The molecular weight excluding hydrogens is 313 g/mol. The van der Waals surface area contributed by atoms with Crippen LogP contribution in [-0.2, 0) is 11.2 Å². The van der Waals surface area contributed by atoms with Crippen LogP contribution in [0.2, 0.25) is 0 Å². The van der Waals surface area contributed by atoms with E-state index < -0.39 is 8.07 Å². The van der Waals surface area contributed by atoms with Crippen LogP contribution >= 0.6 is 8.07 Å². The summed E-state index contributed by atoms with van der Waals surface area (Å²) in [6.07, 6.45) is 0.915. The number of carbonyl (C=O) groups is 1. The van der Waals surface area contributed by atoms with Crippen LogP contribution in [0.15, 0.2) is 78.9 Å². The highest BCUT2D eigenvalue weighted by Gasteiger charge is 2.32. The van der Waals surface area contributed by atoms with E-state index in [2.05, 4.69) is 65.3 Å². The van der Waals surface area contributed by atoms with Crippen LogP contribution in [0.4, 0.5) is 11.4 Å². The van der Waals surface area contributed by atoms with Gasteiger partial charge in [0.05, 0.1) is 8.07 Å². The fourth-order valence-corrected chi connectivity index (χ4v) is 5.44. The lowest BCUT2D eigenvalue weighted by Gasteiger charge is -2.38. The molecule has 0 bridgehead atoms. The Labute approximate surface area is 143 Å². The van der Waals surface area contributed by atoms with Gasteiger partial charge in [0.2, 0.25) is 0 Å². The van der Waals surface area contributed by atoms with Crippen molar-refractivity contribution in [2.45, 2.75) is 13.3 Å². The molecule has 0 spiro atoms. The molecule has 3 aromatic carbocycles. The Kier molecular flexibility index (Phi) is 3.92. The minimum absolute atomic E-state index is 0.211. The molecule has 4 rings (SSSR count). The Morgan fingerprint density at radius 1 is 0.792 bits per heavy atom. The summed E-state index contributed by atoms with van der Waals surface area (Å²) in [5, 5.41) is 1.09. The first kappa shape index (κ1) is 15.1. The predicted octanol–water partition coefficient (Wildman–Crippen LogP) is 5.00. The third kappa shape index (κ3) is 2.53. The van der Waals surface area contributed by atoms with E-state index >= 15 is 0 Å². The quantitative estimate of drug-likeness (QED) is 0.630. The molecule has 1 aliphatic rings. The Morgan fingerprint density at radius 2 is 1.29 bits per heavy atom. The van der Waals surface area contributed by atoms with Crippen molar-refractivity contribution < 1.29 is 4.79 Å². The average molecular weight is 331 g/mol. The van der Waals surface area contributed by atoms with Crippen LogP contribution in [0.1, 0.15) is 18.1 Å². The highest BCUT2D eigenvalue weighted by Crippen LogP contribution is 2.53. The van der Waals surface area contributed by atoms with E-state index in [-0.39, 0.29) is 5.52 Å². The summed E-state index contributed by atoms with van der Waals surface area (Å²) in [6.45, 7) is 1.71. The number of para-hydroxylation sites is 2. The molecule has 0 saturated heterocycles. The second-order valence-electron chi connectivity index (χ2n) is 5.91. The molecule has 0 fully saturated rings. The fraction of sp³-hybridized carbons (Fsp3) is 0.0952. The number of carbonyl (C=O) groups excluding carboxylic acids is 1. The van der Waals surface area contributed by atoms with Gasteiger partial charge in [-0.1, -0.05) is 66.7 Å². The van der Waals surface area contributed by atoms with Crippen molar-refractivity contribution in [2.24, 2.45) is 0 Å². The van der Waals surface area contributed by atoms with Gasteiger partial charge in [-0.2, -0.15) is 0 Å². The minimum atomic E-state index is -1.11. The molecule has 0 N–H and O–H groups in total. The zero-order valence-electron chi connectivity index (χ0n) is 13.5. The van der Waals surface area contributed by atoms with Crippen LogP contribution in [0, 0.1) is 0 Å². The van der Waals surface area contributed by atoms with Crippen LogP contribution in [-0.4, -0.2) is 5.52 Å². The van der Waals surface area contributed by atoms with Crippen molar-refractivity contribution in [2.75, 3.05) is 4.67 Å². The van der Waals surface area contributed by atoms with E-state index in [1.807, 2.05) is 18.2 Å². The van der Waals surface area contributed by atoms with Gasteiger partial charge in [-0.15, -0.1) is 0 Å². The Hall–Kier alpha value is -2.44. The molecule has 0 radical (unpaired) electrons. The fourth-order valence-electron chi connectivity index (χ4n) is 3.29. The topological polar surface area (TPSA) is 20.3 Å². The molecule has 1 atom stereocenters. The molecule has 3 aromatic rings. The molecular formula is C21H18NOP. The van der Waals surface area contributed by atoms with Gasteiger partial charge in [0.15, 0.2) is 5.52 Å². The number of nitrogens with zero attached hydrogens (tertiary/aromatic N) is 1. The van der Waals surface area contributed by atoms with Crippen LogP contribution in [0.25, 0.3) is 0 Å². The molecule has 0 amide bonds. The predicted molar refractivity (Wildman–Crippen MR) is 102 cm³/mol. The summed E-state index contributed by atoms with van der Waals surface area (Å²) < 4.78 is 2.27. The SMILES string of the molecule is CC(=O)P(c1ccccc1)N1c2ccccc2Cc2ccccc21. The highest BCUT2D eigenvalue weighted by molar-refractivity contribution is 7.83. The summed E-state index contributed by atoms with van der Waals surface area (Å²) in [4.78, 5) is 12.7. The lowest BCUT2D eigenvalue weighted by Crippen LogP contribution is -2.25. The van der Waals surface area contributed by atoms with Gasteiger partial charge in [0.25, 0.3) is 0 Å². The van der Waals surface area contributed by atoms with E-state index in [1.54, 1.807) is 6.92 Å².